The predicted octanol–water partition coefficient (Wildman–Crippen LogP) is -0.110. The molecule has 0 heterocycles. The van der Waals surface area contributed by atoms with Gasteiger partial charge in [0.25, 0.3) is 0 Å². The smallest absolute Gasteiger partial charge is 0.336 e. The first-order valence-corrected chi connectivity index (χ1v) is 4.71. The van der Waals surface area contributed by atoms with E-state index >= 15 is 0 Å². The lowest BCUT2D eigenvalue weighted by atomic mass is 9.94. The molecule has 16 heavy (non-hydrogen) atoms. The quantitative estimate of drug-likeness (QED) is 0.414. The molecule has 88 valence electrons. The summed E-state index contributed by atoms with van der Waals surface area (Å²) in [4.78, 5) is 34.2. The van der Waals surface area contributed by atoms with Crippen LogP contribution in [0.5, 0.6) is 0 Å². The van der Waals surface area contributed by atoms with E-state index in [0.717, 1.165) is 7.11 Å². The average Bonchev–Trinajstić information content (AvgIpc) is 2.60. The highest BCUT2D eigenvalue weighted by atomic mass is 19.1. The maximum Gasteiger partial charge on any atom is 0.336 e. The summed E-state index contributed by atoms with van der Waals surface area (Å²) in [5.74, 6) is -3.00. The van der Waals surface area contributed by atoms with Crippen molar-refractivity contribution < 1.29 is 23.5 Å². The highest BCUT2D eigenvalue weighted by Gasteiger charge is 2.40. The van der Waals surface area contributed by atoms with Crippen LogP contribution in [-0.2, 0) is 19.1 Å². The van der Waals surface area contributed by atoms with E-state index in [1.54, 1.807) is 0 Å². The van der Waals surface area contributed by atoms with Crippen LogP contribution in [0.3, 0.4) is 0 Å². The number of nitrogens with two attached hydrogens (primary N) is 1. The van der Waals surface area contributed by atoms with Gasteiger partial charge in [0.1, 0.15) is 24.2 Å². The number of carbonyl (C=O) groups is 3. The Hall–Kier alpha value is -1.72. The minimum absolute atomic E-state index is 0.0591. The topological polar surface area (TPSA) is 86.5 Å². The van der Waals surface area contributed by atoms with Gasteiger partial charge in [0, 0.05) is 12.8 Å². The van der Waals surface area contributed by atoms with Gasteiger partial charge < -0.3 is 10.5 Å². The third-order valence-electron chi connectivity index (χ3n) is 2.45. The zero-order valence-electron chi connectivity index (χ0n) is 8.79. The molecule has 2 N–H and O–H groups in total. The molecule has 1 rings (SSSR count). The van der Waals surface area contributed by atoms with Gasteiger partial charge in [-0.25, -0.2) is 9.18 Å². The molecule has 0 unspecified atom stereocenters. The number of halogens is 1. The largest absolute Gasteiger partial charge is 0.466 e. The molecule has 0 aromatic carbocycles. The molecule has 5 nitrogen and oxygen atoms in total. The van der Waals surface area contributed by atoms with Gasteiger partial charge in [0.2, 0.25) is 0 Å². The number of hydrogen-bond donors (Lipinski definition) is 1. The molecule has 1 saturated carbocycles. The molecular weight excluding hydrogens is 217 g/mol. The molecule has 6 heteroatoms. The fourth-order valence-corrected chi connectivity index (χ4v) is 1.65. The number of ether oxygens (including phenoxy) is 1. The van der Waals surface area contributed by atoms with Gasteiger partial charge in [-0.2, -0.15) is 0 Å². The van der Waals surface area contributed by atoms with Crippen LogP contribution in [0.15, 0.2) is 11.3 Å². The minimum Gasteiger partial charge on any atom is -0.466 e. The van der Waals surface area contributed by atoms with Crippen LogP contribution in [0.25, 0.3) is 0 Å². The summed E-state index contributed by atoms with van der Waals surface area (Å²) >= 11 is 0. The molecule has 0 aromatic rings. The van der Waals surface area contributed by atoms with E-state index in [1.165, 1.54) is 0 Å². The predicted molar refractivity (Wildman–Crippen MR) is 51.9 cm³/mol. The van der Waals surface area contributed by atoms with Crippen molar-refractivity contribution in [3.8, 4) is 0 Å². The lowest BCUT2D eigenvalue weighted by Crippen LogP contribution is -2.27. The highest BCUT2D eigenvalue weighted by molar-refractivity contribution is 6.16. The number of esters is 1. The lowest BCUT2D eigenvalue weighted by Gasteiger charge is -2.12. The lowest BCUT2D eigenvalue weighted by molar-refractivity contribution is -0.139. The fourth-order valence-electron chi connectivity index (χ4n) is 1.65. The van der Waals surface area contributed by atoms with Gasteiger partial charge >= 0.3 is 5.97 Å². The Bertz CT molecular complexity index is 359. The zero-order chi connectivity index (χ0) is 12.3. The number of ketones is 2. The van der Waals surface area contributed by atoms with Crippen LogP contribution in [0.1, 0.15) is 12.8 Å². The van der Waals surface area contributed by atoms with Gasteiger partial charge in [-0.3, -0.25) is 9.59 Å². The zero-order valence-corrected chi connectivity index (χ0v) is 8.79. The molecule has 0 bridgehead atoms. The Morgan fingerprint density at radius 1 is 1.44 bits per heavy atom. The first-order valence-electron chi connectivity index (χ1n) is 4.71. The first-order chi connectivity index (χ1) is 7.52. The molecule has 1 aliphatic carbocycles. The van der Waals surface area contributed by atoms with Gasteiger partial charge in [-0.15, -0.1) is 0 Å². The second-order valence-corrected chi connectivity index (χ2v) is 3.43. The Kier molecular flexibility index (Phi) is 3.76. The van der Waals surface area contributed by atoms with Gasteiger partial charge in [0.15, 0.2) is 0 Å². The van der Waals surface area contributed by atoms with E-state index in [4.69, 9.17) is 5.73 Å². The number of alkyl halides is 1. The minimum atomic E-state index is -1.25. The van der Waals surface area contributed by atoms with E-state index in [1.807, 2.05) is 0 Å². The third kappa shape index (κ3) is 2.10. The van der Waals surface area contributed by atoms with Crippen LogP contribution in [-0.4, -0.2) is 31.3 Å². The van der Waals surface area contributed by atoms with Crippen molar-refractivity contribution in [3.05, 3.63) is 11.3 Å². The number of Topliss-reactive ketones (excluding diaryl/α,β-unsaturated/α-hetero) is 2. The molecule has 1 fully saturated rings. The van der Waals surface area contributed by atoms with Gasteiger partial charge in [0.05, 0.1) is 18.4 Å². The first kappa shape index (κ1) is 12.4. The van der Waals surface area contributed by atoms with Crippen LogP contribution >= 0.6 is 0 Å². The van der Waals surface area contributed by atoms with Crippen molar-refractivity contribution >= 4 is 17.5 Å². The molecule has 0 spiro atoms. The van der Waals surface area contributed by atoms with Crippen molar-refractivity contribution in [1.82, 2.24) is 0 Å². The normalized spacial score (nSPS) is 18.6. The Balaban J connectivity index is 3.17. The van der Waals surface area contributed by atoms with E-state index in [0.29, 0.717) is 0 Å². The summed E-state index contributed by atoms with van der Waals surface area (Å²) in [7, 11) is 1.08. The highest BCUT2D eigenvalue weighted by Crippen LogP contribution is 2.27. The number of hydrogen-bond acceptors (Lipinski definition) is 5. The summed E-state index contributed by atoms with van der Waals surface area (Å²) in [6, 6.07) is 0. The third-order valence-corrected chi connectivity index (χ3v) is 2.45. The van der Waals surface area contributed by atoms with Gasteiger partial charge in [-0.05, 0) is 0 Å². The second-order valence-electron chi connectivity index (χ2n) is 3.43. The van der Waals surface area contributed by atoms with Crippen molar-refractivity contribution in [1.29, 1.82) is 0 Å². The van der Waals surface area contributed by atoms with Gasteiger partial charge in [-0.1, -0.05) is 0 Å². The number of rotatable bonds is 3. The SMILES string of the molecule is COC(=O)/C(=C(\N)CF)C1C(=O)CCC1=O. The van der Waals surface area contributed by atoms with Crippen LogP contribution in [0.4, 0.5) is 4.39 Å². The number of allylic oxidation sites excluding steroid dienone is 1. The molecule has 1 aliphatic rings. The summed E-state index contributed by atoms with van der Waals surface area (Å²) in [6.45, 7) is -1.10. The Labute approximate surface area is 91.4 Å². The van der Waals surface area contributed by atoms with E-state index < -0.39 is 35.8 Å². The van der Waals surface area contributed by atoms with Crippen LogP contribution < -0.4 is 5.73 Å². The van der Waals surface area contributed by atoms with E-state index in [9.17, 15) is 18.8 Å². The van der Waals surface area contributed by atoms with Crippen molar-refractivity contribution in [2.24, 2.45) is 11.7 Å². The molecule has 0 amide bonds. The monoisotopic (exact) mass is 229 g/mol. The fraction of sp³-hybridized carbons (Fsp3) is 0.500. The average molecular weight is 229 g/mol. The standard InChI is InChI=1S/C10H12FNO4/c1-16-10(15)8(5(12)4-11)9-6(13)2-3-7(9)14/h9H,2-4,12H2,1H3/b8-5-. The molecular formula is C10H12FNO4. The number of methoxy groups -OCH3 is 1. The number of carbonyl (C=O) groups excluding carboxylic acids is 3. The summed E-state index contributed by atoms with van der Waals surface area (Å²) in [5.41, 5.74) is 4.53. The maximum absolute atomic E-state index is 12.4. The van der Waals surface area contributed by atoms with Crippen molar-refractivity contribution in [2.45, 2.75) is 12.8 Å². The molecule has 0 atom stereocenters. The molecule has 0 radical (unpaired) electrons. The van der Waals surface area contributed by atoms with E-state index in [2.05, 4.69) is 4.74 Å². The van der Waals surface area contributed by atoms with Crippen LogP contribution in [0, 0.1) is 5.92 Å². The Morgan fingerprint density at radius 3 is 2.31 bits per heavy atom. The van der Waals surface area contributed by atoms with E-state index in [-0.39, 0.29) is 18.4 Å². The van der Waals surface area contributed by atoms with Crippen molar-refractivity contribution in [2.75, 3.05) is 13.8 Å². The molecule has 0 aliphatic heterocycles. The maximum atomic E-state index is 12.4. The van der Waals surface area contributed by atoms with Crippen LogP contribution in [0.2, 0.25) is 0 Å². The molecule has 0 aromatic heterocycles. The summed E-state index contributed by atoms with van der Waals surface area (Å²) in [6.07, 6.45) is 0.118. The summed E-state index contributed by atoms with van der Waals surface area (Å²) < 4.78 is 16.8. The Morgan fingerprint density at radius 2 is 1.94 bits per heavy atom. The van der Waals surface area contributed by atoms with Crippen molar-refractivity contribution in [3.63, 3.8) is 0 Å². The molecule has 0 saturated heterocycles. The second kappa shape index (κ2) is 4.87. The summed E-state index contributed by atoms with van der Waals surface area (Å²) in [5, 5.41) is 0.